The van der Waals surface area contributed by atoms with Gasteiger partial charge in [0.2, 0.25) is 5.12 Å². The van der Waals surface area contributed by atoms with Gasteiger partial charge in [-0.15, -0.1) is 0 Å². The summed E-state index contributed by atoms with van der Waals surface area (Å²) in [6.45, 7) is 4.36. The molecule has 0 radical (unpaired) electrons. The van der Waals surface area contributed by atoms with E-state index in [2.05, 4.69) is 26.0 Å². The maximum Gasteiger partial charge on any atom is 0.597 e. The average molecular weight is 271 g/mol. The van der Waals surface area contributed by atoms with Crippen molar-refractivity contribution in [3.63, 3.8) is 0 Å². The van der Waals surface area contributed by atoms with Gasteiger partial charge >= 0.3 is 7.65 Å². The van der Waals surface area contributed by atoms with Gasteiger partial charge in [0.1, 0.15) is 0 Å². The van der Waals surface area contributed by atoms with E-state index in [1.807, 2.05) is 30.3 Å². The summed E-state index contributed by atoms with van der Waals surface area (Å²) in [7, 11) is -1.78. The largest absolute Gasteiger partial charge is 0.597 e. The Balaban J connectivity index is 2.37. The summed E-state index contributed by atoms with van der Waals surface area (Å²) in [5, 5.41) is 2.86. The third-order valence-electron chi connectivity index (χ3n) is 3.76. The molecule has 1 heterocycles. The van der Waals surface area contributed by atoms with Gasteiger partial charge in [0, 0.05) is 10.8 Å². The third kappa shape index (κ3) is 2.06. The molecule has 0 saturated heterocycles. The molecule has 2 nitrogen and oxygen atoms in total. The van der Waals surface area contributed by atoms with Crippen LogP contribution in [0.5, 0.6) is 0 Å². The number of fused-ring (bicyclic) bond motifs is 3. The Morgan fingerprint density at radius 2 is 1.95 bits per heavy atom. The van der Waals surface area contributed by atoms with Crippen LogP contribution >= 0.6 is 7.65 Å². The van der Waals surface area contributed by atoms with Gasteiger partial charge in [0.05, 0.1) is 0 Å². The van der Waals surface area contributed by atoms with Crippen LogP contribution in [0.15, 0.2) is 46.7 Å². The Kier molecular flexibility index (Phi) is 3.12. The standard InChI is InChI=1S/C16H16O2P/c1-3-11(2)12-8-9-13-14-6-4-5-7-16(14)19(17)18-15(13)10-12/h4-11H,3H2,1-2H3/q+1. The normalized spacial score (nSPS) is 13.9. The summed E-state index contributed by atoms with van der Waals surface area (Å²) >= 11 is 0. The molecule has 0 aliphatic rings. The Bertz CT molecular complexity index is 805. The van der Waals surface area contributed by atoms with E-state index in [0.29, 0.717) is 5.92 Å². The monoisotopic (exact) mass is 271 g/mol. The van der Waals surface area contributed by atoms with Gasteiger partial charge in [-0.3, -0.25) is 0 Å². The summed E-state index contributed by atoms with van der Waals surface area (Å²) in [6, 6.07) is 14.0. The predicted molar refractivity (Wildman–Crippen MR) is 80.0 cm³/mol. The maximum absolute atomic E-state index is 12.1. The first-order valence-corrected chi connectivity index (χ1v) is 7.77. The highest BCUT2D eigenvalue weighted by atomic mass is 31.1. The van der Waals surface area contributed by atoms with Crippen LogP contribution in [0.2, 0.25) is 0 Å². The van der Waals surface area contributed by atoms with E-state index >= 15 is 0 Å². The molecule has 0 spiro atoms. The van der Waals surface area contributed by atoms with Crippen molar-refractivity contribution in [3.05, 3.63) is 48.0 Å². The molecule has 2 unspecified atom stereocenters. The van der Waals surface area contributed by atoms with Crippen molar-refractivity contribution >= 4 is 29.1 Å². The lowest BCUT2D eigenvalue weighted by molar-refractivity contribution is 0.563. The molecular weight excluding hydrogens is 255 g/mol. The van der Waals surface area contributed by atoms with Gasteiger partial charge in [-0.05, 0) is 46.7 Å². The lowest BCUT2D eigenvalue weighted by atomic mass is 9.97. The van der Waals surface area contributed by atoms with E-state index in [9.17, 15) is 4.57 Å². The first-order valence-electron chi connectivity index (χ1n) is 6.59. The highest BCUT2D eigenvalue weighted by Crippen LogP contribution is 2.36. The molecule has 1 aromatic heterocycles. The minimum absolute atomic E-state index is 0.490. The van der Waals surface area contributed by atoms with Gasteiger partial charge in [-0.2, -0.15) is 0 Å². The molecule has 3 aromatic rings. The van der Waals surface area contributed by atoms with Crippen LogP contribution in [0.3, 0.4) is 0 Å². The zero-order valence-corrected chi connectivity index (χ0v) is 12.0. The van der Waals surface area contributed by atoms with E-state index in [-0.39, 0.29) is 0 Å². The predicted octanol–water partition coefficient (Wildman–Crippen LogP) is 5.84. The number of benzene rings is 2. The SMILES string of the molecule is CCC(C)c1ccc2c(c1)o[p+](=O)c1ccccc21. The van der Waals surface area contributed by atoms with Crippen molar-refractivity contribution < 1.29 is 8.76 Å². The van der Waals surface area contributed by atoms with Crippen molar-refractivity contribution in [3.8, 4) is 0 Å². The van der Waals surface area contributed by atoms with Crippen molar-refractivity contribution in [1.29, 1.82) is 0 Å². The smallest absolute Gasteiger partial charge is 0.250 e. The molecule has 0 aliphatic heterocycles. The third-order valence-corrected chi connectivity index (χ3v) is 4.91. The van der Waals surface area contributed by atoms with Crippen LogP contribution in [0.4, 0.5) is 0 Å². The van der Waals surface area contributed by atoms with E-state index in [1.54, 1.807) is 0 Å². The topological polar surface area (TPSA) is 30.2 Å². The molecule has 0 N–H and O–H groups in total. The van der Waals surface area contributed by atoms with Crippen LogP contribution in [-0.2, 0) is 4.57 Å². The summed E-state index contributed by atoms with van der Waals surface area (Å²) in [4.78, 5) is 0. The van der Waals surface area contributed by atoms with Crippen LogP contribution in [-0.4, -0.2) is 0 Å². The summed E-state index contributed by atoms with van der Waals surface area (Å²) in [5.41, 5.74) is 1.99. The highest BCUT2D eigenvalue weighted by molar-refractivity contribution is 7.37. The Hall–Kier alpha value is -1.66. The Labute approximate surface area is 112 Å². The van der Waals surface area contributed by atoms with Crippen molar-refractivity contribution in [2.24, 2.45) is 0 Å². The van der Waals surface area contributed by atoms with Crippen LogP contribution in [0, 0.1) is 0 Å². The fraction of sp³-hybridized carbons (Fsp3) is 0.250. The number of rotatable bonds is 2. The summed E-state index contributed by atoms with van der Waals surface area (Å²) in [5.74, 6) is 0.490. The average Bonchev–Trinajstić information content (AvgIpc) is 2.46. The van der Waals surface area contributed by atoms with Crippen LogP contribution in [0.1, 0.15) is 31.7 Å². The molecule has 0 fully saturated rings. The van der Waals surface area contributed by atoms with Gasteiger partial charge in [-0.25, -0.2) is 4.20 Å². The molecule has 0 bridgehead atoms. The first-order chi connectivity index (χ1) is 9.20. The van der Waals surface area contributed by atoms with Crippen molar-refractivity contribution in [2.45, 2.75) is 26.2 Å². The Morgan fingerprint density at radius 1 is 1.16 bits per heavy atom. The van der Waals surface area contributed by atoms with Crippen LogP contribution < -0.4 is 0 Å². The lowest BCUT2D eigenvalue weighted by Gasteiger charge is -2.08. The second-order valence-electron chi connectivity index (χ2n) is 4.93. The molecule has 2 atom stereocenters. The molecule has 3 rings (SSSR count). The van der Waals surface area contributed by atoms with E-state index in [1.165, 1.54) is 5.56 Å². The van der Waals surface area contributed by atoms with Crippen LogP contribution in [0.25, 0.3) is 21.5 Å². The summed E-state index contributed by atoms with van der Waals surface area (Å²) in [6.07, 6.45) is 1.08. The van der Waals surface area contributed by atoms with Crippen molar-refractivity contribution in [2.75, 3.05) is 0 Å². The fourth-order valence-electron chi connectivity index (χ4n) is 2.38. The zero-order valence-electron chi connectivity index (χ0n) is 11.1. The van der Waals surface area contributed by atoms with Gasteiger partial charge in [0.15, 0.2) is 5.58 Å². The molecule has 19 heavy (non-hydrogen) atoms. The lowest BCUT2D eigenvalue weighted by Crippen LogP contribution is -1.90. The minimum atomic E-state index is -1.78. The number of hydrogen-bond donors (Lipinski definition) is 0. The van der Waals surface area contributed by atoms with Gasteiger partial charge in [0.25, 0.3) is 0 Å². The maximum atomic E-state index is 12.1. The van der Waals surface area contributed by atoms with Gasteiger partial charge < -0.3 is 0 Å². The molecule has 2 aromatic carbocycles. The summed E-state index contributed by atoms with van der Waals surface area (Å²) < 4.78 is 17.7. The highest BCUT2D eigenvalue weighted by Gasteiger charge is 2.16. The zero-order chi connectivity index (χ0) is 13.4. The minimum Gasteiger partial charge on any atom is -0.250 e. The molecule has 0 saturated carbocycles. The fourth-order valence-corrected chi connectivity index (χ4v) is 3.41. The molecule has 3 heteroatoms. The second-order valence-corrected chi connectivity index (χ2v) is 6.11. The van der Waals surface area contributed by atoms with E-state index in [4.69, 9.17) is 4.20 Å². The number of hydrogen-bond acceptors (Lipinski definition) is 2. The van der Waals surface area contributed by atoms with Crippen molar-refractivity contribution in [1.82, 2.24) is 0 Å². The second kappa shape index (κ2) is 4.79. The van der Waals surface area contributed by atoms with E-state index in [0.717, 1.165) is 27.9 Å². The van der Waals surface area contributed by atoms with E-state index < -0.39 is 7.65 Å². The first kappa shape index (κ1) is 12.4. The molecular formula is C16H16O2P+. The molecule has 96 valence electrons. The Morgan fingerprint density at radius 3 is 2.74 bits per heavy atom. The van der Waals surface area contributed by atoms with Gasteiger partial charge in [-0.1, -0.05) is 32.0 Å². The molecule has 0 amide bonds. The molecule has 0 aliphatic carbocycles. The quantitative estimate of drug-likeness (QED) is 0.548.